The first-order valence-corrected chi connectivity index (χ1v) is 9.31. The van der Waals surface area contributed by atoms with Gasteiger partial charge in [-0.3, -0.25) is 14.5 Å². The molecular weight excluding hydrogens is 398 g/mol. The van der Waals surface area contributed by atoms with E-state index in [4.69, 9.17) is 4.42 Å². The average Bonchev–Trinajstić information content (AvgIpc) is 3.25. The van der Waals surface area contributed by atoms with Crippen LogP contribution < -0.4 is 5.11 Å². The van der Waals surface area contributed by atoms with Gasteiger partial charge in [0, 0.05) is 11.6 Å². The van der Waals surface area contributed by atoms with E-state index >= 15 is 0 Å². The van der Waals surface area contributed by atoms with E-state index in [-0.39, 0.29) is 10.5 Å². The number of imide groups is 1. The van der Waals surface area contributed by atoms with E-state index < -0.39 is 29.1 Å². The lowest BCUT2D eigenvalue weighted by atomic mass is 10.0. The molecule has 2 aromatic rings. The third-order valence-electron chi connectivity index (χ3n) is 4.39. The largest absolute Gasteiger partial charge is 0.545 e. The van der Waals surface area contributed by atoms with Gasteiger partial charge in [0.1, 0.15) is 17.6 Å². The monoisotopic (exact) mass is 414 g/mol. The highest BCUT2D eigenvalue weighted by molar-refractivity contribution is 8.18. The highest BCUT2D eigenvalue weighted by Gasteiger charge is 2.41. The number of carboxylic acids is 1. The van der Waals surface area contributed by atoms with E-state index in [1.807, 2.05) is 0 Å². The number of aromatic carboxylic acids is 1. The summed E-state index contributed by atoms with van der Waals surface area (Å²) >= 11 is 0.692. The Labute approximate surface area is 170 Å². The first kappa shape index (κ1) is 20.4. The Kier molecular flexibility index (Phi) is 5.60. The summed E-state index contributed by atoms with van der Waals surface area (Å²) in [6.45, 7) is 3.21. The van der Waals surface area contributed by atoms with Crippen LogP contribution in [0.5, 0.6) is 0 Å². The number of ether oxygens (including phenoxy) is 1. The van der Waals surface area contributed by atoms with Crippen LogP contribution in [0.2, 0.25) is 0 Å². The molecule has 1 atom stereocenters. The molecule has 1 saturated heterocycles. The van der Waals surface area contributed by atoms with Crippen molar-refractivity contribution in [2.45, 2.75) is 19.9 Å². The van der Waals surface area contributed by atoms with E-state index in [2.05, 4.69) is 4.74 Å². The van der Waals surface area contributed by atoms with Gasteiger partial charge >= 0.3 is 5.97 Å². The van der Waals surface area contributed by atoms with Crippen LogP contribution in [-0.2, 0) is 14.3 Å². The number of esters is 1. The van der Waals surface area contributed by atoms with Crippen LogP contribution in [0.1, 0.15) is 28.6 Å². The summed E-state index contributed by atoms with van der Waals surface area (Å²) in [5.74, 6) is -1.91. The second kappa shape index (κ2) is 7.96. The van der Waals surface area contributed by atoms with E-state index in [0.29, 0.717) is 28.8 Å². The van der Waals surface area contributed by atoms with Gasteiger partial charge in [0.05, 0.1) is 18.0 Å². The summed E-state index contributed by atoms with van der Waals surface area (Å²) in [5, 5.41) is 10.5. The number of amides is 2. The molecule has 9 heteroatoms. The molecule has 1 aliphatic heterocycles. The third-order valence-corrected chi connectivity index (χ3v) is 5.28. The summed E-state index contributed by atoms with van der Waals surface area (Å²) in [6, 6.07) is 6.71. The Morgan fingerprint density at radius 3 is 2.62 bits per heavy atom. The fraction of sp³-hybridized carbons (Fsp3) is 0.200. The van der Waals surface area contributed by atoms with Crippen molar-refractivity contribution in [1.82, 2.24) is 4.90 Å². The quantitative estimate of drug-likeness (QED) is 0.540. The summed E-state index contributed by atoms with van der Waals surface area (Å²) in [5.41, 5.74) is 1.38. The molecule has 1 aromatic carbocycles. The van der Waals surface area contributed by atoms with Crippen molar-refractivity contribution < 1.29 is 33.4 Å². The number of nitrogens with zero attached hydrogens (tertiary/aromatic N) is 1. The van der Waals surface area contributed by atoms with E-state index in [1.165, 1.54) is 32.2 Å². The number of furan rings is 1. The Balaban J connectivity index is 1.89. The number of benzene rings is 1. The van der Waals surface area contributed by atoms with Crippen molar-refractivity contribution in [2.75, 3.05) is 7.11 Å². The van der Waals surface area contributed by atoms with E-state index in [9.17, 15) is 24.3 Å². The van der Waals surface area contributed by atoms with Gasteiger partial charge < -0.3 is 19.1 Å². The zero-order valence-electron chi connectivity index (χ0n) is 15.8. The number of hydrogen-bond acceptors (Lipinski definition) is 8. The summed E-state index contributed by atoms with van der Waals surface area (Å²) in [6.07, 6.45) is 1.40. The van der Waals surface area contributed by atoms with E-state index in [1.54, 1.807) is 25.1 Å². The van der Waals surface area contributed by atoms with Gasteiger partial charge in [-0.05, 0) is 54.9 Å². The van der Waals surface area contributed by atoms with Gasteiger partial charge in [0.15, 0.2) is 0 Å². The number of carbonyl (C=O) groups excluding carboxylic acids is 4. The Morgan fingerprint density at radius 1 is 1.24 bits per heavy atom. The zero-order chi connectivity index (χ0) is 21.3. The molecule has 0 bridgehead atoms. The van der Waals surface area contributed by atoms with Crippen molar-refractivity contribution in [1.29, 1.82) is 0 Å². The molecule has 0 spiro atoms. The second-order valence-corrected chi connectivity index (χ2v) is 7.26. The number of hydrogen-bond donors (Lipinski definition) is 0. The predicted octanol–water partition coefficient (Wildman–Crippen LogP) is 2.22. The maximum absolute atomic E-state index is 12.5. The maximum Gasteiger partial charge on any atom is 0.328 e. The number of rotatable bonds is 5. The first-order valence-electron chi connectivity index (χ1n) is 8.50. The van der Waals surface area contributed by atoms with Crippen LogP contribution in [-0.4, -0.2) is 41.1 Å². The van der Waals surface area contributed by atoms with Gasteiger partial charge in [-0.15, -0.1) is 0 Å². The van der Waals surface area contributed by atoms with Crippen LogP contribution in [0.4, 0.5) is 4.79 Å². The minimum absolute atomic E-state index is 0.0152. The minimum Gasteiger partial charge on any atom is -0.545 e. The van der Waals surface area contributed by atoms with Crippen LogP contribution in [0.25, 0.3) is 17.4 Å². The number of carboxylic acid groups (broad SMARTS) is 1. The normalized spacial score (nSPS) is 16.4. The molecule has 0 saturated carbocycles. The van der Waals surface area contributed by atoms with Gasteiger partial charge in [0.2, 0.25) is 0 Å². The SMILES string of the molecule is COC(=O)[C@@H](C)N1C(=O)S/C(=C/c2ccc(-c3cc(C(=O)[O-])ccc3C)o2)C1=O. The standard InChI is InChI=1S/C20H17NO7S/c1-10-4-5-12(18(23)24)8-14(10)15-7-6-13(28-15)9-16-17(22)21(20(26)29-16)11(2)19(25)27-3/h4-9,11H,1-3H3,(H,23,24)/p-1/b16-9+/t11-/m1/s1. The molecule has 2 heterocycles. The van der Waals surface area contributed by atoms with E-state index in [0.717, 1.165) is 10.5 Å². The molecule has 8 nitrogen and oxygen atoms in total. The van der Waals surface area contributed by atoms with Gasteiger partial charge in [0.25, 0.3) is 11.1 Å². The van der Waals surface area contributed by atoms with Crippen LogP contribution in [0, 0.1) is 6.92 Å². The van der Waals surface area contributed by atoms with Crippen LogP contribution in [0.3, 0.4) is 0 Å². The van der Waals surface area contributed by atoms with Crippen LogP contribution in [0.15, 0.2) is 39.7 Å². The molecule has 1 fully saturated rings. The molecule has 150 valence electrons. The van der Waals surface area contributed by atoms with Crippen molar-refractivity contribution in [2.24, 2.45) is 0 Å². The lowest BCUT2D eigenvalue weighted by Crippen LogP contribution is -2.42. The van der Waals surface area contributed by atoms with Gasteiger partial charge in [-0.2, -0.15) is 0 Å². The summed E-state index contributed by atoms with van der Waals surface area (Å²) in [7, 11) is 1.18. The zero-order valence-corrected chi connectivity index (χ0v) is 16.6. The van der Waals surface area contributed by atoms with Gasteiger partial charge in [-0.25, -0.2) is 4.79 Å². The molecule has 0 unspecified atom stereocenters. The van der Waals surface area contributed by atoms with Crippen LogP contribution >= 0.6 is 11.8 Å². The first-order chi connectivity index (χ1) is 13.7. The third kappa shape index (κ3) is 3.95. The number of carbonyl (C=O) groups is 4. The molecular formula is C20H16NO7S-. The highest BCUT2D eigenvalue weighted by atomic mass is 32.2. The fourth-order valence-electron chi connectivity index (χ4n) is 2.81. The lowest BCUT2D eigenvalue weighted by molar-refractivity contribution is -0.255. The molecule has 3 rings (SSSR count). The molecule has 0 radical (unpaired) electrons. The molecule has 1 aliphatic rings. The molecule has 2 amide bonds. The Bertz CT molecular complexity index is 1050. The topological polar surface area (TPSA) is 117 Å². The number of thioether (sulfide) groups is 1. The van der Waals surface area contributed by atoms with Crippen molar-refractivity contribution >= 4 is 40.9 Å². The molecule has 0 N–H and O–H groups in total. The highest BCUT2D eigenvalue weighted by Crippen LogP contribution is 2.35. The molecule has 29 heavy (non-hydrogen) atoms. The maximum atomic E-state index is 12.5. The van der Waals surface area contributed by atoms with Crippen molar-refractivity contribution in [3.63, 3.8) is 0 Å². The van der Waals surface area contributed by atoms with Gasteiger partial charge in [-0.1, -0.05) is 12.1 Å². The Morgan fingerprint density at radius 2 is 1.97 bits per heavy atom. The number of aryl methyl sites for hydroxylation is 1. The number of methoxy groups -OCH3 is 1. The fourth-order valence-corrected chi connectivity index (χ4v) is 3.70. The second-order valence-electron chi connectivity index (χ2n) is 6.27. The predicted molar refractivity (Wildman–Crippen MR) is 102 cm³/mol. The summed E-state index contributed by atoms with van der Waals surface area (Å²) in [4.78, 5) is 48.4. The molecule has 0 aliphatic carbocycles. The molecule has 1 aromatic heterocycles. The van der Waals surface area contributed by atoms with Crippen molar-refractivity contribution in [3.05, 3.63) is 52.1 Å². The average molecular weight is 414 g/mol. The minimum atomic E-state index is -1.30. The van der Waals surface area contributed by atoms with Crippen molar-refractivity contribution in [3.8, 4) is 11.3 Å². The Hall–Kier alpha value is -3.33. The smallest absolute Gasteiger partial charge is 0.328 e. The summed E-state index contributed by atoms with van der Waals surface area (Å²) < 4.78 is 10.3. The lowest BCUT2D eigenvalue weighted by Gasteiger charge is -2.18.